The molecule has 0 spiro atoms. The van der Waals surface area contributed by atoms with Gasteiger partial charge in [0.2, 0.25) is 5.91 Å². The van der Waals surface area contributed by atoms with Crippen molar-refractivity contribution in [1.29, 1.82) is 0 Å². The molecule has 118 valence electrons. The lowest BCUT2D eigenvalue weighted by molar-refractivity contribution is -0.125. The molecule has 0 radical (unpaired) electrons. The molecule has 5 heteroatoms. The van der Waals surface area contributed by atoms with Gasteiger partial charge in [0.1, 0.15) is 0 Å². The number of carbonyl (C=O) groups excluding carboxylic acids is 1. The van der Waals surface area contributed by atoms with Crippen molar-refractivity contribution in [2.45, 2.75) is 32.9 Å². The Balaban J connectivity index is 2.11. The van der Waals surface area contributed by atoms with E-state index in [0.29, 0.717) is 0 Å². The van der Waals surface area contributed by atoms with Crippen molar-refractivity contribution < 1.29 is 4.79 Å². The molecule has 2 heterocycles. The summed E-state index contributed by atoms with van der Waals surface area (Å²) in [4.78, 5) is 18.2. The highest BCUT2D eigenvalue weighted by molar-refractivity contribution is 7.10. The van der Waals surface area contributed by atoms with Gasteiger partial charge in [-0.1, -0.05) is 19.9 Å². The van der Waals surface area contributed by atoms with E-state index < -0.39 is 0 Å². The summed E-state index contributed by atoms with van der Waals surface area (Å²) in [7, 11) is 2.17. The van der Waals surface area contributed by atoms with Crippen LogP contribution < -0.4 is 5.32 Å². The van der Waals surface area contributed by atoms with E-state index in [1.807, 2.05) is 13.8 Å². The highest BCUT2D eigenvalue weighted by Gasteiger charge is 2.30. The molecule has 2 atom stereocenters. The van der Waals surface area contributed by atoms with E-state index in [4.69, 9.17) is 0 Å². The first-order valence-electron chi connectivity index (χ1n) is 7.75. The van der Waals surface area contributed by atoms with Crippen LogP contribution in [0.3, 0.4) is 0 Å². The molecule has 1 aromatic rings. The van der Waals surface area contributed by atoms with Crippen LogP contribution >= 0.6 is 11.3 Å². The van der Waals surface area contributed by atoms with Gasteiger partial charge in [-0.2, -0.15) is 0 Å². The zero-order valence-electron chi connectivity index (χ0n) is 13.5. The lowest BCUT2D eigenvalue weighted by Gasteiger charge is -2.40. The van der Waals surface area contributed by atoms with E-state index in [0.717, 1.165) is 26.2 Å². The van der Waals surface area contributed by atoms with Crippen LogP contribution in [0.25, 0.3) is 0 Å². The molecule has 0 aliphatic carbocycles. The molecular formula is C16H27N3OS. The third-order valence-corrected chi connectivity index (χ3v) is 5.08. The molecule has 2 rings (SSSR count). The summed E-state index contributed by atoms with van der Waals surface area (Å²) in [6, 6.07) is 4.69. The van der Waals surface area contributed by atoms with Crippen molar-refractivity contribution in [2.75, 3.05) is 33.2 Å². The van der Waals surface area contributed by atoms with Gasteiger partial charge in [0.15, 0.2) is 0 Å². The molecule has 0 aromatic carbocycles. The molecule has 0 saturated carbocycles. The second kappa shape index (κ2) is 7.38. The van der Waals surface area contributed by atoms with Crippen molar-refractivity contribution in [1.82, 2.24) is 15.1 Å². The maximum absolute atomic E-state index is 12.0. The van der Waals surface area contributed by atoms with Gasteiger partial charge in [0, 0.05) is 43.0 Å². The van der Waals surface area contributed by atoms with Crippen LogP contribution in [-0.2, 0) is 4.79 Å². The smallest absolute Gasteiger partial charge is 0.222 e. The third kappa shape index (κ3) is 4.28. The van der Waals surface area contributed by atoms with E-state index >= 15 is 0 Å². The van der Waals surface area contributed by atoms with Crippen LogP contribution in [0.5, 0.6) is 0 Å². The third-order valence-electron chi connectivity index (χ3n) is 4.13. The van der Waals surface area contributed by atoms with Gasteiger partial charge in [0.25, 0.3) is 0 Å². The summed E-state index contributed by atoms with van der Waals surface area (Å²) in [6.45, 7) is 10.3. The Kier molecular flexibility index (Phi) is 5.79. The first-order valence-corrected chi connectivity index (χ1v) is 8.63. The van der Waals surface area contributed by atoms with Crippen molar-refractivity contribution in [3.8, 4) is 0 Å². The number of hydrogen-bond acceptors (Lipinski definition) is 4. The molecule has 1 saturated heterocycles. The zero-order chi connectivity index (χ0) is 15.4. The van der Waals surface area contributed by atoms with Gasteiger partial charge in [0.05, 0.1) is 6.04 Å². The zero-order valence-corrected chi connectivity index (χ0v) is 14.3. The number of thiophene rings is 1. The van der Waals surface area contributed by atoms with E-state index in [9.17, 15) is 4.79 Å². The second-order valence-corrected chi connectivity index (χ2v) is 7.23. The number of likely N-dealkylation sites (N-methyl/N-ethyl adjacent to an activating group) is 1. The molecule has 21 heavy (non-hydrogen) atoms. The Bertz CT molecular complexity index is 438. The van der Waals surface area contributed by atoms with Gasteiger partial charge in [-0.05, 0) is 25.4 Å². The van der Waals surface area contributed by atoms with E-state index in [1.165, 1.54) is 4.88 Å². The van der Waals surface area contributed by atoms with Crippen LogP contribution in [0.15, 0.2) is 17.5 Å². The molecule has 4 nitrogen and oxygen atoms in total. The normalized spacial score (nSPS) is 20.4. The average Bonchev–Trinajstić information content (AvgIpc) is 2.95. The molecule has 1 aliphatic heterocycles. The van der Waals surface area contributed by atoms with Crippen LogP contribution in [0.1, 0.15) is 31.7 Å². The average molecular weight is 309 g/mol. The summed E-state index contributed by atoms with van der Waals surface area (Å²) in [5, 5.41) is 5.31. The number of rotatable bonds is 5. The van der Waals surface area contributed by atoms with Crippen molar-refractivity contribution in [3.05, 3.63) is 22.4 Å². The Morgan fingerprint density at radius 1 is 1.24 bits per heavy atom. The van der Waals surface area contributed by atoms with Gasteiger partial charge in [-0.25, -0.2) is 0 Å². The van der Waals surface area contributed by atoms with Crippen LogP contribution in [-0.4, -0.2) is 55.0 Å². The molecule has 1 fully saturated rings. The molecule has 1 aliphatic rings. The Morgan fingerprint density at radius 2 is 1.90 bits per heavy atom. The van der Waals surface area contributed by atoms with Crippen LogP contribution in [0.4, 0.5) is 0 Å². The van der Waals surface area contributed by atoms with E-state index in [-0.39, 0.29) is 23.9 Å². The van der Waals surface area contributed by atoms with Crippen molar-refractivity contribution >= 4 is 17.2 Å². The molecular weight excluding hydrogens is 282 g/mol. The van der Waals surface area contributed by atoms with Crippen molar-refractivity contribution in [3.63, 3.8) is 0 Å². The predicted octanol–water partition coefficient (Wildman–Crippen LogP) is 2.20. The number of hydrogen-bond donors (Lipinski definition) is 1. The number of piperazine rings is 1. The minimum atomic E-state index is 0.0314. The summed E-state index contributed by atoms with van der Waals surface area (Å²) in [6.07, 6.45) is 0. The number of amides is 1. The first-order chi connectivity index (χ1) is 9.99. The number of nitrogens with one attached hydrogen (secondary N) is 1. The standard InChI is InChI=1S/C16H27N3OS/c1-12(2)16(20)17-13(3)15(14-6-5-11-21-14)19-9-7-18(4)8-10-19/h5-6,11-13,15H,7-10H2,1-4H3,(H,17,20)/t13-,15+/m0/s1. The summed E-state index contributed by atoms with van der Waals surface area (Å²) < 4.78 is 0. The van der Waals surface area contributed by atoms with Gasteiger partial charge in [-0.3, -0.25) is 9.69 Å². The highest BCUT2D eigenvalue weighted by Crippen LogP contribution is 2.29. The summed E-state index contributed by atoms with van der Waals surface area (Å²) in [5.74, 6) is 0.169. The summed E-state index contributed by atoms with van der Waals surface area (Å²) in [5.41, 5.74) is 0. The second-order valence-electron chi connectivity index (χ2n) is 6.25. The quantitative estimate of drug-likeness (QED) is 0.906. The minimum Gasteiger partial charge on any atom is -0.351 e. The highest BCUT2D eigenvalue weighted by atomic mass is 32.1. The first kappa shape index (κ1) is 16.5. The lowest BCUT2D eigenvalue weighted by Crippen LogP contribution is -2.51. The minimum absolute atomic E-state index is 0.0314. The van der Waals surface area contributed by atoms with Gasteiger partial charge >= 0.3 is 0 Å². The lowest BCUT2D eigenvalue weighted by atomic mass is 10.0. The fourth-order valence-corrected chi connectivity index (χ4v) is 3.74. The molecule has 1 aromatic heterocycles. The number of nitrogens with zero attached hydrogens (tertiary/aromatic N) is 2. The Morgan fingerprint density at radius 3 is 2.43 bits per heavy atom. The molecule has 0 bridgehead atoms. The molecule has 1 amide bonds. The van der Waals surface area contributed by atoms with Crippen molar-refractivity contribution in [2.24, 2.45) is 5.92 Å². The van der Waals surface area contributed by atoms with E-state index in [1.54, 1.807) is 11.3 Å². The van der Waals surface area contributed by atoms with Crippen LogP contribution in [0.2, 0.25) is 0 Å². The molecule has 1 N–H and O–H groups in total. The Labute approximate surface area is 132 Å². The fraction of sp³-hybridized carbons (Fsp3) is 0.688. The summed E-state index contributed by atoms with van der Waals surface area (Å²) >= 11 is 1.78. The van der Waals surface area contributed by atoms with Crippen LogP contribution in [0, 0.1) is 5.92 Å². The van der Waals surface area contributed by atoms with Gasteiger partial charge in [-0.15, -0.1) is 11.3 Å². The monoisotopic (exact) mass is 309 g/mol. The predicted molar refractivity (Wildman–Crippen MR) is 88.6 cm³/mol. The largest absolute Gasteiger partial charge is 0.351 e. The fourth-order valence-electron chi connectivity index (χ4n) is 2.77. The maximum Gasteiger partial charge on any atom is 0.222 e. The molecule has 0 unspecified atom stereocenters. The number of carbonyl (C=O) groups is 1. The van der Waals surface area contributed by atoms with E-state index in [2.05, 4.69) is 46.6 Å². The Hall–Kier alpha value is -0.910. The maximum atomic E-state index is 12.0. The topological polar surface area (TPSA) is 35.6 Å². The van der Waals surface area contributed by atoms with Gasteiger partial charge < -0.3 is 10.2 Å². The SMILES string of the molecule is CC(C)C(=O)N[C@@H](C)[C@H](c1cccs1)N1CCN(C)CC1.